The highest BCUT2D eigenvalue weighted by atomic mass is 127. The molecule has 0 rings (SSSR count). The average molecular weight is 269 g/mol. The van der Waals surface area contributed by atoms with Crippen molar-refractivity contribution >= 4 is 22.6 Å². The minimum Gasteiger partial charge on any atom is -0.363 e. The van der Waals surface area contributed by atoms with E-state index in [1.165, 1.54) is 0 Å². The molecule has 1 unspecified atom stereocenters. The Kier molecular flexibility index (Phi) is 8.79. The van der Waals surface area contributed by atoms with Gasteiger partial charge in [-0.2, -0.15) is 0 Å². The second kappa shape index (κ2) is 8.49. The summed E-state index contributed by atoms with van der Waals surface area (Å²) in [5, 5.41) is 3.24. The number of rotatable bonds is 6. The lowest BCUT2D eigenvalue weighted by Gasteiger charge is -2.11. The summed E-state index contributed by atoms with van der Waals surface area (Å²) in [6, 6.07) is 0. The largest absolute Gasteiger partial charge is 0.363 e. The zero-order valence-corrected chi connectivity index (χ0v) is 9.30. The maximum Gasteiger partial charge on any atom is 0.126 e. The Morgan fingerprint density at radius 1 is 1.64 bits per heavy atom. The van der Waals surface area contributed by atoms with Crippen LogP contribution in [0.4, 0.5) is 0 Å². The monoisotopic (exact) mass is 269 g/mol. The molecule has 0 aromatic heterocycles. The molecule has 1 atom stereocenters. The molecule has 0 saturated heterocycles. The molecular formula is C8H16INO. The van der Waals surface area contributed by atoms with Gasteiger partial charge in [-0.25, -0.2) is 0 Å². The Balaban J connectivity index is 3.48. The molecule has 66 valence electrons. The predicted molar refractivity (Wildman–Crippen MR) is 57.1 cm³/mol. The average Bonchev–Trinajstić information content (AvgIpc) is 2.05. The SMILES string of the molecule is CCCNC(/C=C\CI)OC. The second-order valence-corrected chi connectivity index (χ2v) is 3.07. The van der Waals surface area contributed by atoms with Crippen molar-refractivity contribution < 1.29 is 4.74 Å². The van der Waals surface area contributed by atoms with E-state index in [0.717, 1.165) is 17.4 Å². The first-order valence-corrected chi connectivity index (χ1v) is 5.36. The molecule has 0 aromatic carbocycles. The van der Waals surface area contributed by atoms with Gasteiger partial charge >= 0.3 is 0 Å². The molecule has 2 nitrogen and oxygen atoms in total. The number of allylic oxidation sites excluding steroid dienone is 1. The van der Waals surface area contributed by atoms with E-state index in [2.05, 4.69) is 40.9 Å². The third-order valence-corrected chi connectivity index (χ3v) is 1.76. The number of hydrogen-bond acceptors (Lipinski definition) is 2. The predicted octanol–water partition coefficient (Wildman–Crippen LogP) is 1.95. The standard InChI is InChI=1S/C8H16INO/c1-3-7-10-8(11-2)5-4-6-9/h4-5,8,10H,3,6-7H2,1-2H3/b5-4-. The van der Waals surface area contributed by atoms with E-state index in [4.69, 9.17) is 4.74 Å². The number of nitrogens with one attached hydrogen (secondary N) is 1. The number of methoxy groups -OCH3 is 1. The number of halogens is 1. The first-order chi connectivity index (χ1) is 5.35. The normalized spacial score (nSPS) is 14.1. The van der Waals surface area contributed by atoms with Crippen molar-refractivity contribution in [2.75, 3.05) is 18.1 Å². The molecule has 0 aliphatic carbocycles. The van der Waals surface area contributed by atoms with E-state index in [-0.39, 0.29) is 6.23 Å². The Hall–Kier alpha value is 0.390. The summed E-state index contributed by atoms with van der Waals surface area (Å²) in [4.78, 5) is 0. The van der Waals surface area contributed by atoms with E-state index >= 15 is 0 Å². The van der Waals surface area contributed by atoms with E-state index in [1.807, 2.05) is 6.08 Å². The summed E-state index contributed by atoms with van der Waals surface area (Å²) in [5.41, 5.74) is 0. The lowest BCUT2D eigenvalue weighted by atomic mass is 10.4. The molecule has 0 fully saturated rings. The van der Waals surface area contributed by atoms with Crippen molar-refractivity contribution in [3.05, 3.63) is 12.2 Å². The van der Waals surface area contributed by atoms with Crippen molar-refractivity contribution in [3.8, 4) is 0 Å². The summed E-state index contributed by atoms with van der Waals surface area (Å²) < 4.78 is 6.19. The van der Waals surface area contributed by atoms with Crippen molar-refractivity contribution in [3.63, 3.8) is 0 Å². The van der Waals surface area contributed by atoms with Crippen molar-refractivity contribution in [1.29, 1.82) is 0 Å². The molecule has 0 bridgehead atoms. The van der Waals surface area contributed by atoms with Crippen LogP contribution in [0.15, 0.2) is 12.2 Å². The molecular weight excluding hydrogens is 253 g/mol. The fraction of sp³-hybridized carbons (Fsp3) is 0.750. The Labute approximate surface area is 82.5 Å². The molecule has 0 heterocycles. The third-order valence-electron chi connectivity index (χ3n) is 1.25. The molecule has 3 heteroatoms. The number of alkyl halides is 1. The van der Waals surface area contributed by atoms with E-state index in [9.17, 15) is 0 Å². The van der Waals surface area contributed by atoms with E-state index in [0.29, 0.717) is 0 Å². The first-order valence-electron chi connectivity index (χ1n) is 3.84. The summed E-state index contributed by atoms with van der Waals surface area (Å²) in [5.74, 6) is 0. The fourth-order valence-corrected chi connectivity index (χ4v) is 0.985. The highest BCUT2D eigenvalue weighted by Crippen LogP contribution is 1.90. The zero-order chi connectivity index (χ0) is 8.53. The Morgan fingerprint density at radius 2 is 2.36 bits per heavy atom. The summed E-state index contributed by atoms with van der Waals surface area (Å²) in [7, 11) is 1.71. The fourth-order valence-electron chi connectivity index (χ4n) is 0.692. The first kappa shape index (κ1) is 11.4. The minimum absolute atomic E-state index is 0.0877. The smallest absolute Gasteiger partial charge is 0.126 e. The van der Waals surface area contributed by atoms with Gasteiger partial charge in [0.15, 0.2) is 0 Å². The van der Waals surface area contributed by atoms with Crippen LogP contribution in [0.5, 0.6) is 0 Å². The Morgan fingerprint density at radius 3 is 2.82 bits per heavy atom. The molecule has 11 heavy (non-hydrogen) atoms. The van der Waals surface area contributed by atoms with Gasteiger partial charge < -0.3 is 4.74 Å². The number of hydrogen-bond donors (Lipinski definition) is 1. The minimum atomic E-state index is 0.0877. The van der Waals surface area contributed by atoms with Crippen LogP contribution in [0.3, 0.4) is 0 Å². The van der Waals surface area contributed by atoms with Crippen molar-refractivity contribution in [2.45, 2.75) is 19.6 Å². The van der Waals surface area contributed by atoms with Gasteiger partial charge in [-0.05, 0) is 19.0 Å². The van der Waals surface area contributed by atoms with Gasteiger partial charge in [-0.15, -0.1) is 0 Å². The zero-order valence-electron chi connectivity index (χ0n) is 7.14. The van der Waals surface area contributed by atoms with Gasteiger partial charge in [-0.3, -0.25) is 5.32 Å². The van der Waals surface area contributed by atoms with Gasteiger partial charge in [0.1, 0.15) is 6.23 Å². The molecule has 0 amide bonds. The van der Waals surface area contributed by atoms with Crippen LogP contribution < -0.4 is 5.32 Å². The van der Waals surface area contributed by atoms with Crippen molar-refractivity contribution in [1.82, 2.24) is 5.32 Å². The van der Waals surface area contributed by atoms with Crippen LogP contribution in [-0.4, -0.2) is 24.3 Å². The van der Waals surface area contributed by atoms with Crippen molar-refractivity contribution in [2.24, 2.45) is 0 Å². The summed E-state index contributed by atoms with van der Waals surface area (Å²) >= 11 is 2.30. The lowest BCUT2D eigenvalue weighted by molar-refractivity contribution is 0.113. The van der Waals surface area contributed by atoms with Crippen LogP contribution >= 0.6 is 22.6 Å². The van der Waals surface area contributed by atoms with Crippen LogP contribution in [0, 0.1) is 0 Å². The molecule has 0 saturated carbocycles. The highest BCUT2D eigenvalue weighted by Gasteiger charge is 1.97. The van der Waals surface area contributed by atoms with Crippen LogP contribution in [0.25, 0.3) is 0 Å². The van der Waals surface area contributed by atoms with Gasteiger partial charge in [0, 0.05) is 11.5 Å². The van der Waals surface area contributed by atoms with Gasteiger partial charge in [0.05, 0.1) is 0 Å². The van der Waals surface area contributed by atoms with E-state index < -0.39 is 0 Å². The summed E-state index contributed by atoms with van der Waals surface area (Å²) in [6.45, 7) is 3.14. The molecule has 1 N–H and O–H groups in total. The van der Waals surface area contributed by atoms with Crippen LogP contribution in [0.1, 0.15) is 13.3 Å². The maximum atomic E-state index is 5.15. The third kappa shape index (κ3) is 6.77. The number of ether oxygens (including phenoxy) is 1. The topological polar surface area (TPSA) is 21.3 Å². The quantitative estimate of drug-likeness (QED) is 0.344. The van der Waals surface area contributed by atoms with Crippen LogP contribution in [-0.2, 0) is 4.74 Å². The highest BCUT2D eigenvalue weighted by molar-refractivity contribution is 14.1. The van der Waals surface area contributed by atoms with Gasteiger partial charge in [-0.1, -0.05) is 35.6 Å². The van der Waals surface area contributed by atoms with Gasteiger partial charge in [0.2, 0.25) is 0 Å². The lowest BCUT2D eigenvalue weighted by Crippen LogP contribution is -2.29. The maximum absolute atomic E-state index is 5.15. The molecule has 0 radical (unpaired) electrons. The van der Waals surface area contributed by atoms with Crippen LogP contribution in [0.2, 0.25) is 0 Å². The summed E-state index contributed by atoms with van der Waals surface area (Å²) in [6.07, 6.45) is 5.36. The molecule has 0 spiro atoms. The molecule has 0 aliphatic rings. The molecule has 0 aromatic rings. The van der Waals surface area contributed by atoms with E-state index in [1.54, 1.807) is 7.11 Å². The molecule has 0 aliphatic heterocycles. The Bertz CT molecular complexity index is 106. The second-order valence-electron chi connectivity index (χ2n) is 2.19. The van der Waals surface area contributed by atoms with Gasteiger partial charge in [0.25, 0.3) is 0 Å².